The van der Waals surface area contributed by atoms with Gasteiger partial charge in [-0.3, -0.25) is 26.1 Å². The standard InChI is InChI=1S/C12H10N4O5/c13-14-8-5-9(15(17)18)7-10(6-8)21-12-4-2-1-3-11(12)16(19)20/h1-7,14H,13H2. The molecule has 0 aliphatic heterocycles. The third kappa shape index (κ3) is 3.22. The Morgan fingerprint density at radius 3 is 2.38 bits per heavy atom. The van der Waals surface area contributed by atoms with Crippen molar-refractivity contribution in [2.75, 3.05) is 5.43 Å². The predicted molar refractivity (Wildman–Crippen MR) is 74.1 cm³/mol. The fourth-order valence-corrected chi connectivity index (χ4v) is 1.65. The first-order chi connectivity index (χ1) is 10.0. The van der Waals surface area contributed by atoms with E-state index in [9.17, 15) is 20.2 Å². The molecule has 0 heterocycles. The van der Waals surface area contributed by atoms with Crippen LogP contribution in [0, 0.1) is 20.2 Å². The molecule has 0 radical (unpaired) electrons. The Morgan fingerprint density at radius 2 is 1.76 bits per heavy atom. The second-order valence-corrected chi connectivity index (χ2v) is 3.94. The van der Waals surface area contributed by atoms with E-state index in [1.54, 1.807) is 6.07 Å². The van der Waals surface area contributed by atoms with Crippen molar-refractivity contribution < 1.29 is 14.6 Å². The number of hydrazine groups is 1. The highest BCUT2D eigenvalue weighted by atomic mass is 16.6. The van der Waals surface area contributed by atoms with E-state index < -0.39 is 9.85 Å². The second-order valence-electron chi connectivity index (χ2n) is 3.94. The maximum atomic E-state index is 10.9. The van der Waals surface area contributed by atoms with Crippen molar-refractivity contribution in [2.24, 2.45) is 5.84 Å². The SMILES string of the molecule is NNc1cc(Oc2ccccc2[N+](=O)[O-])cc([N+](=O)[O-])c1. The normalized spacial score (nSPS) is 9.95. The van der Waals surface area contributed by atoms with E-state index in [0.717, 1.165) is 6.07 Å². The molecule has 0 aliphatic carbocycles. The van der Waals surface area contributed by atoms with Crippen LogP contribution in [-0.4, -0.2) is 9.85 Å². The summed E-state index contributed by atoms with van der Waals surface area (Å²) in [7, 11) is 0. The summed E-state index contributed by atoms with van der Waals surface area (Å²) in [6.45, 7) is 0. The molecule has 0 spiro atoms. The Hall–Kier alpha value is -3.20. The van der Waals surface area contributed by atoms with Gasteiger partial charge in [-0.15, -0.1) is 0 Å². The van der Waals surface area contributed by atoms with Crippen LogP contribution in [0.5, 0.6) is 11.5 Å². The summed E-state index contributed by atoms with van der Waals surface area (Å²) in [6, 6.07) is 9.47. The van der Waals surface area contributed by atoms with Crippen molar-refractivity contribution in [1.29, 1.82) is 0 Å². The zero-order chi connectivity index (χ0) is 15.4. The van der Waals surface area contributed by atoms with E-state index in [2.05, 4.69) is 5.43 Å². The molecule has 0 unspecified atom stereocenters. The number of non-ortho nitro benzene ring substituents is 1. The molecule has 9 nitrogen and oxygen atoms in total. The highest BCUT2D eigenvalue weighted by Crippen LogP contribution is 2.33. The molecule has 3 N–H and O–H groups in total. The number of nitrogens with zero attached hydrogens (tertiary/aromatic N) is 2. The minimum Gasteiger partial charge on any atom is -0.450 e. The Labute approximate surface area is 118 Å². The molecular formula is C12H10N4O5. The Balaban J connectivity index is 2.42. The van der Waals surface area contributed by atoms with Crippen LogP contribution in [-0.2, 0) is 0 Å². The van der Waals surface area contributed by atoms with Crippen molar-refractivity contribution in [3.8, 4) is 11.5 Å². The van der Waals surface area contributed by atoms with Crippen molar-refractivity contribution in [2.45, 2.75) is 0 Å². The van der Waals surface area contributed by atoms with Crippen LogP contribution < -0.4 is 16.0 Å². The number of nitrogens with two attached hydrogens (primary N) is 1. The van der Waals surface area contributed by atoms with Crippen LogP contribution in [0.4, 0.5) is 17.1 Å². The minimum absolute atomic E-state index is 0.0223. The van der Waals surface area contributed by atoms with Crippen LogP contribution in [0.15, 0.2) is 42.5 Å². The maximum Gasteiger partial charge on any atom is 0.311 e. The van der Waals surface area contributed by atoms with Crippen molar-refractivity contribution in [3.63, 3.8) is 0 Å². The Kier molecular flexibility index (Phi) is 3.95. The average molecular weight is 290 g/mol. The van der Waals surface area contributed by atoms with Crippen LogP contribution in [0.25, 0.3) is 0 Å². The lowest BCUT2D eigenvalue weighted by molar-refractivity contribution is -0.386. The van der Waals surface area contributed by atoms with E-state index in [1.165, 1.54) is 30.3 Å². The zero-order valence-corrected chi connectivity index (χ0v) is 10.6. The third-order valence-corrected chi connectivity index (χ3v) is 2.56. The smallest absolute Gasteiger partial charge is 0.311 e. The number of nitrogens with one attached hydrogen (secondary N) is 1. The van der Waals surface area contributed by atoms with Gasteiger partial charge in [0.1, 0.15) is 5.75 Å². The molecule has 9 heteroatoms. The molecule has 0 amide bonds. The van der Waals surface area contributed by atoms with E-state index in [4.69, 9.17) is 10.6 Å². The predicted octanol–water partition coefficient (Wildman–Crippen LogP) is 2.58. The lowest BCUT2D eigenvalue weighted by Crippen LogP contribution is -2.07. The molecular weight excluding hydrogens is 280 g/mol. The van der Waals surface area contributed by atoms with Crippen LogP contribution in [0.2, 0.25) is 0 Å². The number of anilines is 1. The highest BCUT2D eigenvalue weighted by molar-refractivity contribution is 5.57. The first kappa shape index (κ1) is 14.2. The molecule has 0 atom stereocenters. The summed E-state index contributed by atoms with van der Waals surface area (Å²) in [5, 5.41) is 21.7. The van der Waals surface area contributed by atoms with Gasteiger partial charge in [-0.25, -0.2) is 0 Å². The number of hydrogen-bond acceptors (Lipinski definition) is 7. The van der Waals surface area contributed by atoms with Gasteiger partial charge >= 0.3 is 5.69 Å². The summed E-state index contributed by atoms with van der Waals surface area (Å²) < 4.78 is 5.36. The van der Waals surface area contributed by atoms with Gasteiger partial charge in [-0.2, -0.15) is 0 Å². The van der Waals surface area contributed by atoms with Crippen molar-refractivity contribution >= 4 is 17.1 Å². The number of para-hydroxylation sites is 2. The van der Waals surface area contributed by atoms with Gasteiger partial charge in [0.15, 0.2) is 0 Å². The lowest BCUT2D eigenvalue weighted by atomic mass is 10.2. The van der Waals surface area contributed by atoms with E-state index in [0.29, 0.717) is 0 Å². The summed E-state index contributed by atoms with van der Waals surface area (Å²) in [5.74, 6) is 5.26. The van der Waals surface area contributed by atoms with Crippen LogP contribution in [0.1, 0.15) is 0 Å². The first-order valence-electron chi connectivity index (χ1n) is 5.68. The number of nitro benzene ring substituents is 2. The topological polar surface area (TPSA) is 134 Å². The van der Waals surface area contributed by atoms with Crippen molar-refractivity contribution in [1.82, 2.24) is 0 Å². The minimum atomic E-state index is -0.618. The number of benzene rings is 2. The zero-order valence-electron chi connectivity index (χ0n) is 10.6. The van der Waals surface area contributed by atoms with Gasteiger partial charge in [0, 0.05) is 18.2 Å². The molecule has 2 rings (SSSR count). The molecule has 0 saturated heterocycles. The fraction of sp³-hybridized carbons (Fsp3) is 0. The summed E-state index contributed by atoms with van der Waals surface area (Å²) in [4.78, 5) is 20.5. The first-order valence-corrected chi connectivity index (χ1v) is 5.68. The summed E-state index contributed by atoms with van der Waals surface area (Å²) in [5.41, 5.74) is 2.02. The summed E-state index contributed by atoms with van der Waals surface area (Å²) in [6.07, 6.45) is 0. The molecule has 0 bridgehead atoms. The van der Waals surface area contributed by atoms with Gasteiger partial charge in [0.25, 0.3) is 5.69 Å². The molecule has 2 aromatic rings. The third-order valence-electron chi connectivity index (χ3n) is 2.56. The molecule has 0 fully saturated rings. The van der Waals surface area contributed by atoms with Gasteiger partial charge in [0.05, 0.1) is 21.6 Å². The molecule has 0 saturated carbocycles. The lowest BCUT2D eigenvalue weighted by Gasteiger charge is -2.08. The van der Waals surface area contributed by atoms with Crippen LogP contribution in [0.3, 0.4) is 0 Å². The monoisotopic (exact) mass is 290 g/mol. The van der Waals surface area contributed by atoms with Gasteiger partial charge in [-0.05, 0) is 6.07 Å². The highest BCUT2D eigenvalue weighted by Gasteiger charge is 2.16. The molecule has 0 aromatic heterocycles. The second kappa shape index (κ2) is 5.84. The number of nitro groups is 2. The summed E-state index contributed by atoms with van der Waals surface area (Å²) >= 11 is 0. The number of rotatable bonds is 5. The van der Waals surface area contributed by atoms with Gasteiger partial charge < -0.3 is 10.2 Å². The number of hydrogen-bond donors (Lipinski definition) is 2. The number of ether oxygens (including phenoxy) is 1. The van der Waals surface area contributed by atoms with E-state index >= 15 is 0 Å². The van der Waals surface area contributed by atoms with Crippen LogP contribution >= 0.6 is 0 Å². The Bertz CT molecular complexity index is 704. The average Bonchev–Trinajstić information content (AvgIpc) is 2.47. The molecule has 21 heavy (non-hydrogen) atoms. The van der Waals surface area contributed by atoms with E-state index in [1.807, 2.05) is 0 Å². The number of nitrogen functional groups attached to an aromatic ring is 1. The maximum absolute atomic E-state index is 10.9. The molecule has 108 valence electrons. The van der Waals surface area contributed by atoms with Crippen molar-refractivity contribution in [3.05, 3.63) is 62.7 Å². The molecule has 0 aliphatic rings. The quantitative estimate of drug-likeness (QED) is 0.491. The van der Waals surface area contributed by atoms with Gasteiger partial charge in [0.2, 0.25) is 5.75 Å². The largest absolute Gasteiger partial charge is 0.450 e. The van der Waals surface area contributed by atoms with E-state index in [-0.39, 0.29) is 28.6 Å². The molecule has 2 aromatic carbocycles. The fourth-order valence-electron chi connectivity index (χ4n) is 1.65. The van der Waals surface area contributed by atoms with Gasteiger partial charge in [-0.1, -0.05) is 12.1 Å². The Morgan fingerprint density at radius 1 is 1.05 bits per heavy atom.